The highest BCUT2D eigenvalue weighted by Crippen LogP contribution is 2.26. The minimum Gasteiger partial charge on any atom is -0.484 e. The van der Waals surface area contributed by atoms with Crippen LogP contribution in [0.2, 0.25) is 0 Å². The van der Waals surface area contributed by atoms with Gasteiger partial charge >= 0.3 is 0 Å². The van der Waals surface area contributed by atoms with Crippen LogP contribution in [-0.2, 0) is 6.61 Å². The maximum Gasteiger partial charge on any atom is 0.146 e. The van der Waals surface area contributed by atoms with Gasteiger partial charge in [0.05, 0.1) is 4.47 Å². The van der Waals surface area contributed by atoms with Crippen LogP contribution in [0.3, 0.4) is 0 Å². The Bertz CT molecular complexity index is 494. The van der Waals surface area contributed by atoms with E-state index in [-0.39, 0.29) is 12.4 Å². The molecule has 0 spiro atoms. The molecule has 0 aliphatic rings. The number of ether oxygens (including phenoxy) is 1. The molecule has 2 rings (SSSR count). The van der Waals surface area contributed by atoms with Crippen LogP contribution in [0, 0.1) is 12.7 Å². The summed E-state index contributed by atoms with van der Waals surface area (Å²) in [5.41, 5.74) is 0. The molecule has 0 bridgehead atoms. The largest absolute Gasteiger partial charge is 0.484 e. The summed E-state index contributed by atoms with van der Waals surface area (Å²) in [4.78, 5) is 0. The molecule has 0 aliphatic heterocycles. The van der Waals surface area contributed by atoms with Crippen LogP contribution >= 0.6 is 15.9 Å². The van der Waals surface area contributed by atoms with Crippen LogP contribution in [0.5, 0.6) is 5.75 Å². The lowest BCUT2D eigenvalue weighted by molar-refractivity contribution is 0.265. The molecule has 84 valence electrons. The van der Waals surface area contributed by atoms with Crippen molar-refractivity contribution in [3.63, 3.8) is 0 Å². The van der Waals surface area contributed by atoms with Gasteiger partial charge in [0.1, 0.15) is 29.7 Å². The maximum atomic E-state index is 13.0. The molecule has 0 radical (unpaired) electrons. The zero-order chi connectivity index (χ0) is 11.5. The zero-order valence-electron chi connectivity index (χ0n) is 8.67. The average Bonchev–Trinajstić information content (AvgIpc) is 2.66. The number of aryl methyl sites for hydroxylation is 1. The fourth-order valence-electron chi connectivity index (χ4n) is 1.30. The Balaban J connectivity index is 2.07. The van der Waals surface area contributed by atoms with Crippen LogP contribution in [0.25, 0.3) is 0 Å². The lowest BCUT2D eigenvalue weighted by Gasteiger charge is -2.06. The lowest BCUT2D eigenvalue weighted by atomic mass is 10.3. The predicted molar refractivity (Wildman–Crippen MR) is 61.9 cm³/mol. The van der Waals surface area contributed by atoms with Gasteiger partial charge in [0, 0.05) is 6.07 Å². The summed E-state index contributed by atoms with van der Waals surface area (Å²) in [6.45, 7) is 2.15. The maximum absolute atomic E-state index is 13.0. The molecule has 0 amide bonds. The molecule has 1 aromatic heterocycles. The highest BCUT2D eigenvalue weighted by atomic mass is 79.9. The second-order valence-corrected chi connectivity index (χ2v) is 4.23. The Labute approximate surface area is 101 Å². The quantitative estimate of drug-likeness (QED) is 0.848. The molecule has 4 heteroatoms. The van der Waals surface area contributed by atoms with Gasteiger partial charge < -0.3 is 9.15 Å². The second-order valence-electron chi connectivity index (χ2n) is 3.38. The number of hydrogen-bond donors (Lipinski definition) is 0. The summed E-state index contributed by atoms with van der Waals surface area (Å²) in [5.74, 6) is 1.69. The zero-order valence-corrected chi connectivity index (χ0v) is 10.3. The van der Waals surface area contributed by atoms with E-state index in [1.54, 1.807) is 6.07 Å². The summed E-state index contributed by atoms with van der Waals surface area (Å²) in [5, 5.41) is 0. The summed E-state index contributed by atoms with van der Waals surface area (Å²) in [7, 11) is 0. The molecule has 0 fully saturated rings. The van der Waals surface area contributed by atoms with Crippen LogP contribution < -0.4 is 4.74 Å². The first-order valence-electron chi connectivity index (χ1n) is 4.78. The molecule has 0 N–H and O–H groups in total. The first kappa shape index (κ1) is 11.2. The van der Waals surface area contributed by atoms with E-state index in [1.807, 2.05) is 19.1 Å². The van der Waals surface area contributed by atoms with Crippen molar-refractivity contribution in [3.05, 3.63) is 52.1 Å². The Morgan fingerprint density at radius 1 is 1.31 bits per heavy atom. The fraction of sp³-hybridized carbons (Fsp3) is 0.167. The third-order valence-electron chi connectivity index (χ3n) is 2.06. The van der Waals surface area contributed by atoms with Crippen molar-refractivity contribution < 1.29 is 13.5 Å². The molecule has 2 nitrogen and oxygen atoms in total. The molecular weight excluding hydrogens is 275 g/mol. The molecule has 0 saturated heterocycles. The lowest BCUT2D eigenvalue weighted by Crippen LogP contribution is -1.95. The van der Waals surface area contributed by atoms with Gasteiger partial charge in [0.15, 0.2) is 0 Å². The number of hydrogen-bond acceptors (Lipinski definition) is 2. The van der Waals surface area contributed by atoms with Gasteiger partial charge in [0.25, 0.3) is 0 Å². The van der Waals surface area contributed by atoms with Gasteiger partial charge in [-0.2, -0.15) is 0 Å². The van der Waals surface area contributed by atoms with E-state index in [0.29, 0.717) is 11.5 Å². The normalized spacial score (nSPS) is 10.4. The molecule has 0 unspecified atom stereocenters. The Morgan fingerprint density at radius 2 is 2.12 bits per heavy atom. The number of rotatable bonds is 3. The van der Waals surface area contributed by atoms with E-state index in [2.05, 4.69) is 15.9 Å². The van der Waals surface area contributed by atoms with Crippen molar-refractivity contribution in [2.75, 3.05) is 0 Å². The van der Waals surface area contributed by atoms with E-state index in [0.717, 1.165) is 10.2 Å². The van der Waals surface area contributed by atoms with Gasteiger partial charge in [-0.3, -0.25) is 0 Å². The number of halogens is 2. The highest BCUT2D eigenvalue weighted by molar-refractivity contribution is 9.10. The standard InChI is InChI=1S/C12H10BrFO2/c1-8-2-4-10(16-8)7-15-12-6-9(14)3-5-11(12)13/h2-6H,7H2,1H3. The monoisotopic (exact) mass is 284 g/mol. The SMILES string of the molecule is Cc1ccc(COc2cc(F)ccc2Br)o1. The molecule has 16 heavy (non-hydrogen) atoms. The van der Waals surface area contributed by atoms with Crippen molar-refractivity contribution in [1.82, 2.24) is 0 Å². The van der Waals surface area contributed by atoms with Crippen LogP contribution in [-0.4, -0.2) is 0 Å². The first-order valence-corrected chi connectivity index (χ1v) is 5.57. The summed E-state index contributed by atoms with van der Waals surface area (Å²) in [6, 6.07) is 8.01. The van der Waals surface area contributed by atoms with Gasteiger partial charge in [-0.1, -0.05) is 0 Å². The third-order valence-corrected chi connectivity index (χ3v) is 2.71. The Hall–Kier alpha value is -1.29. The van der Waals surface area contributed by atoms with Crippen molar-refractivity contribution >= 4 is 15.9 Å². The fourth-order valence-corrected chi connectivity index (χ4v) is 1.66. The molecule has 1 heterocycles. The second kappa shape index (κ2) is 4.70. The summed E-state index contributed by atoms with van der Waals surface area (Å²) in [6.07, 6.45) is 0. The van der Waals surface area contributed by atoms with Crippen molar-refractivity contribution in [2.24, 2.45) is 0 Å². The van der Waals surface area contributed by atoms with Crippen LogP contribution in [0.1, 0.15) is 11.5 Å². The van der Waals surface area contributed by atoms with Crippen molar-refractivity contribution in [1.29, 1.82) is 0 Å². The van der Waals surface area contributed by atoms with Crippen molar-refractivity contribution in [3.8, 4) is 5.75 Å². The van der Waals surface area contributed by atoms with E-state index in [9.17, 15) is 4.39 Å². The van der Waals surface area contributed by atoms with Gasteiger partial charge in [0.2, 0.25) is 0 Å². The first-order chi connectivity index (χ1) is 7.65. The van der Waals surface area contributed by atoms with Crippen LogP contribution in [0.15, 0.2) is 39.2 Å². The topological polar surface area (TPSA) is 22.4 Å². The van der Waals surface area contributed by atoms with Gasteiger partial charge in [-0.15, -0.1) is 0 Å². The smallest absolute Gasteiger partial charge is 0.146 e. The average molecular weight is 285 g/mol. The molecular formula is C12H10BrFO2. The Morgan fingerprint density at radius 3 is 2.81 bits per heavy atom. The van der Waals surface area contributed by atoms with Gasteiger partial charge in [-0.25, -0.2) is 4.39 Å². The summed E-state index contributed by atoms with van der Waals surface area (Å²) < 4.78 is 24.5. The molecule has 0 aliphatic carbocycles. The third kappa shape index (κ3) is 2.64. The van der Waals surface area contributed by atoms with E-state index in [1.165, 1.54) is 12.1 Å². The molecule has 2 aromatic rings. The minimum atomic E-state index is -0.325. The predicted octanol–water partition coefficient (Wildman–Crippen LogP) is 4.07. The molecule has 0 atom stereocenters. The summed E-state index contributed by atoms with van der Waals surface area (Å²) >= 11 is 3.29. The van der Waals surface area contributed by atoms with Crippen molar-refractivity contribution in [2.45, 2.75) is 13.5 Å². The van der Waals surface area contributed by atoms with Gasteiger partial charge in [-0.05, 0) is 47.1 Å². The number of furan rings is 1. The molecule has 0 saturated carbocycles. The van der Waals surface area contributed by atoms with E-state index >= 15 is 0 Å². The molecule has 1 aromatic carbocycles. The Kier molecular flexibility index (Phi) is 3.29. The number of benzene rings is 1. The van der Waals surface area contributed by atoms with Crippen LogP contribution in [0.4, 0.5) is 4.39 Å². The van der Waals surface area contributed by atoms with E-state index < -0.39 is 0 Å². The highest BCUT2D eigenvalue weighted by Gasteiger charge is 2.05. The van der Waals surface area contributed by atoms with E-state index in [4.69, 9.17) is 9.15 Å². The minimum absolute atomic E-state index is 0.288.